The zero-order valence-electron chi connectivity index (χ0n) is 33.1. The van der Waals surface area contributed by atoms with Crippen LogP contribution < -0.4 is 0 Å². The molecule has 0 saturated carbocycles. The quantitative estimate of drug-likeness (QED) is 0.158. The number of hydrogen-bond acceptors (Lipinski definition) is 3. The first kappa shape index (κ1) is 34.8. The van der Waals surface area contributed by atoms with Gasteiger partial charge in [0.15, 0.2) is 11.6 Å². The van der Waals surface area contributed by atoms with E-state index in [1.54, 1.807) is 0 Å². The van der Waals surface area contributed by atoms with Gasteiger partial charge in [-0.1, -0.05) is 206 Å². The Balaban J connectivity index is 1.15. The Labute approximate surface area is 352 Å². The van der Waals surface area contributed by atoms with Crippen LogP contribution in [0.2, 0.25) is 0 Å². The molecular formula is C57H36N4. The van der Waals surface area contributed by atoms with Crippen molar-refractivity contribution >= 4 is 54.1 Å². The number of rotatable bonds is 6. The largest absolute Gasteiger partial charge is 0.277 e. The Kier molecular flexibility index (Phi) is 8.13. The van der Waals surface area contributed by atoms with Gasteiger partial charge in [0.2, 0.25) is 5.95 Å². The first-order chi connectivity index (χ1) is 30.3. The second-order valence-corrected chi connectivity index (χ2v) is 15.5. The summed E-state index contributed by atoms with van der Waals surface area (Å²) in [7, 11) is 0. The van der Waals surface area contributed by atoms with Gasteiger partial charge in [-0.15, -0.1) is 0 Å². The maximum absolute atomic E-state index is 5.45. The molecule has 12 aromatic rings. The van der Waals surface area contributed by atoms with Crippen molar-refractivity contribution in [2.45, 2.75) is 0 Å². The summed E-state index contributed by atoms with van der Waals surface area (Å²) in [6.45, 7) is 0. The van der Waals surface area contributed by atoms with Crippen molar-refractivity contribution in [3.05, 3.63) is 218 Å². The lowest BCUT2D eigenvalue weighted by Gasteiger charge is -2.14. The molecule has 0 bridgehead atoms. The Morgan fingerprint density at radius 2 is 0.721 bits per heavy atom. The van der Waals surface area contributed by atoms with E-state index < -0.39 is 0 Å². The highest BCUT2D eigenvalue weighted by molar-refractivity contribution is 6.25. The summed E-state index contributed by atoms with van der Waals surface area (Å²) >= 11 is 0. The molecule has 10 aromatic carbocycles. The number of nitrogens with zero attached hydrogens (tertiary/aromatic N) is 4. The van der Waals surface area contributed by atoms with Crippen LogP contribution in [0.25, 0.3) is 116 Å². The van der Waals surface area contributed by atoms with E-state index in [0.29, 0.717) is 17.6 Å². The van der Waals surface area contributed by atoms with E-state index >= 15 is 0 Å². The minimum absolute atomic E-state index is 0.561. The first-order valence-corrected chi connectivity index (χ1v) is 20.7. The highest BCUT2D eigenvalue weighted by Gasteiger charge is 2.23. The molecule has 0 atom stereocenters. The van der Waals surface area contributed by atoms with Gasteiger partial charge in [0.05, 0.1) is 11.0 Å². The highest BCUT2D eigenvalue weighted by atomic mass is 15.2. The molecule has 61 heavy (non-hydrogen) atoms. The molecule has 0 aliphatic carbocycles. The van der Waals surface area contributed by atoms with Gasteiger partial charge in [0, 0.05) is 27.5 Å². The fraction of sp³-hybridized carbons (Fsp3) is 0. The highest BCUT2D eigenvalue weighted by Crippen LogP contribution is 2.43. The minimum atomic E-state index is 0.561. The maximum atomic E-state index is 5.45. The Hall–Kier alpha value is -8.21. The molecule has 284 valence electrons. The molecule has 0 spiro atoms. The lowest BCUT2D eigenvalue weighted by molar-refractivity contribution is 0.954. The molecule has 0 saturated heterocycles. The molecule has 0 N–H and O–H groups in total. The fourth-order valence-electron chi connectivity index (χ4n) is 9.24. The Bertz CT molecular complexity index is 3580. The minimum Gasteiger partial charge on any atom is -0.277 e. The maximum Gasteiger partial charge on any atom is 0.238 e. The SMILES string of the molecule is c1ccc(-c2ccc(-c3cccc4c5c(-c6ccccc6)cccc5n(-c5nc(-c6ccccc6)nc(-c6ccc7c8ccccc8c8ccccc8c7c6)n5)c34)cc2)cc1. The topological polar surface area (TPSA) is 43.6 Å². The zero-order chi connectivity index (χ0) is 40.3. The lowest BCUT2D eigenvalue weighted by atomic mass is 9.93. The second kappa shape index (κ2) is 14.3. The van der Waals surface area contributed by atoms with Crippen molar-refractivity contribution in [1.29, 1.82) is 0 Å². The number of para-hydroxylation sites is 1. The van der Waals surface area contributed by atoms with Gasteiger partial charge in [-0.25, -0.2) is 4.98 Å². The molecule has 0 aliphatic heterocycles. The summed E-state index contributed by atoms with van der Waals surface area (Å²) in [6, 6.07) is 77.5. The standard InChI is InChI=1S/C57H36N4/c1-4-16-37(17-5-1)38-30-32-40(33-31-38)44-27-14-28-50-53-43(39-18-6-2-7-19-39)26-15-29-52(53)61(54(44)50)57-59-55(41-20-8-3-9-21-41)58-56(60-57)42-34-35-49-47-24-11-10-22-45(47)46-23-12-13-25-48(46)51(49)36-42/h1-36H. The van der Waals surface area contributed by atoms with E-state index in [-0.39, 0.29) is 0 Å². The summed E-state index contributed by atoms with van der Waals surface area (Å²) < 4.78 is 2.26. The van der Waals surface area contributed by atoms with Crippen molar-refractivity contribution in [1.82, 2.24) is 19.5 Å². The van der Waals surface area contributed by atoms with E-state index in [4.69, 9.17) is 15.0 Å². The van der Waals surface area contributed by atoms with Crippen molar-refractivity contribution in [2.24, 2.45) is 0 Å². The molecule has 0 fully saturated rings. The average molecular weight is 777 g/mol. The first-order valence-electron chi connectivity index (χ1n) is 20.7. The molecule has 0 radical (unpaired) electrons. The van der Waals surface area contributed by atoms with Crippen LogP contribution in [-0.4, -0.2) is 19.5 Å². The van der Waals surface area contributed by atoms with E-state index in [9.17, 15) is 0 Å². The molecule has 2 aromatic heterocycles. The number of fused-ring (bicyclic) bond motifs is 9. The molecule has 12 rings (SSSR count). The summed E-state index contributed by atoms with van der Waals surface area (Å²) in [5, 5.41) is 9.56. The predicted molar refractivity (Wildman–Crippen MR) is 254 cm³/mol. The predicted octanol–water partition coefficient (Wildman–Crippen LogP) is 14.8. The third-order valence-electron chi connectivity index (χ3n) is 12.1. The third kappa shape index (κ3) is 5.80. The van der Waals surface area contributed by atoms with Crippen LogP contribution in [0.3, 0.4) is 0 Å². The smallest absolute Gasteiger partial charge is 0.238 e. The number of benzene rings is 10. The monoisotopic (exact) mass is 776 g/mol. The molecule has 0 aliphatic rings. The van der Waals surface area contributed by atoms with Crippen molar-refractivity contribution in [3.63, 3.8) is 0 Å². The average Bonchev–Trinajstić information content (AvgIpc) is 3.70. The van der Waals surface area contributed by atoms with Crippen LogP contribution >= 0.6 is 0 Å². The van der Waals surface area contributed by atoms with Gasteiger partial charge in [-0.3, -0.25) is 4.57 Å². The fourth-order valence-corrected chi connectivity index (χ4v) is 9.24. The zero-order valence-corrected chi connectivity index (χ0v) is 33.1. The Morgan fingerprint density at radius 1 is 0.279 bits per heavy atom. The van der Waals surface area contributed by atoms with Crippen molar-refractivity contribution < 1.29 is 0 Å². The van der Waals surface area contributed by atoms with Crippen LogP contribution in [0.5, 0.6) is 0 Å². The van der Waals surface area contributed by atoms with Crippen molar-refractivity contribution in [2.75, 3.05) is 0 Å². The van der Waals surface area contributed by atoms with Crippen LogP contribution in [0.4, 0.5) is 0 Å². The van der Waals surface area contributed by atoms with Crippen LogP contribution in [0.15, 0.2) is 218 Å². The van der Waals surface area contributed by atoms with E-state index in [1.165, 1.54) is 43.4 Å². The van der Waals surface area contributed by atoms with Crippen molar-refractivity contribution in [3.8, 4) is 62.1 Å². The van der Waals surface area contributed by atoms with Crippen LogP contribution in [0, 0.1) is 0 Å². The normalized spacial score (nSPS) is 11.6. The van der Waals surface area contributed by atoms with Crippen LogP contribution in [0.1, 0.15) is 0 Å². The van der Waals surface area contributed by atoms with Gasteiger partial charge in [0.1, 0.15) is 0 Å². The number of hydrogen-bond donors (Lipinski definition) is 0. The van der Waals surface area contributed by atoms with Gasteiger partial charge >= 0.3 is 0 Å². The summed E-state index contributed by atoms with van der Waals surface area (Å²) in [5.41, 5.74) is 10.8. The summed E-state index contributed by atoms with van der Waals surface area (Å²) in [4.78, 5) is 16.1. The lowest BCUT2D eigenvalue weighted by Crippen LogP contribution is -2.07. The van der Waals surface area contributed by atoms with Crippen LogP contribution in [-0.2, 0) is 0 Å². The molecule has 4 nitrogen and oxygen atoms in total. The molecule has 0 unspecified atom stereocenters. The van der Waals surface area contributed by atoms with E-state index in [2.05, 4.69) is 205 Å². The number of aromatic nitrogens is 4. The van der Waals surface area contributed by atoms with Gasteiger partial charge in [-0.05, 0) is 72.3 Å². The summed E-state index contributed by atoms with van der Waals surface area (Å²) in [6.07, 6.45) is 0. The second-order valence-electron chi connectivity index (χ2n) is 15.5. The van der Waals surface area contributed by atoms with E-state index in [0.717, 1.165) is 55.2 Å². The molecule has 2 heterocycles. The van der Waals surface area contributed by atoms with Gasteiger partial charge in [-0.2, -0.15) is 9.97 Å². The van der Waals surface area contributed by atoms with E-state index in [1.807, 2.05) is 18.2 Å². The Morgan fingerprint density at radius 3 is 1.38 bits per heavy atom. The molecular weight excluding hydrogens is 741 g/mol. The third-order valence-corrected chi connectivity index (χ3v) is 12.1. The molecule has 0 amide bonds. The molecule has 4 heteroatoms. The summed E-state index contributed by atoms with van der Waals surface area (Å²) in [5.74, 6) is 1.79. The van der Waals surface area contributed by atoms with Gasteiger partial charge in [0.25, 0.3) is 0 Å². The van der Waals surface area contributed by atoms with Gasteiger partial charge < -0.3 is 0 Å².